The number of nitrogens with one attached hydrogen (secondary N) is 1. The topological polar surface area (TPSA) is 49.4 Å². The summed E-state index contributed by atoms with van der Waals surface area (Å²) in [6.07, 6.45) is 0.230. The number of amides is 2. The van der Waals surface area contributed by atoms with E-state index in [0.29, 0.717) is 10.7 Å². The zero-order valence-electron chi connectivity index (χ0n) is 15.1. The molecule has 1 atom stereocenters. The molecular weight excluding hydrogens is 372 g/mol. The highest BCUT2D eigenvalue weighted by atomic mass is 35.5. The van der Waals surface area contributed by atoms with E-state index in [1.54, 1.807) is 17.0 Å². The number of carbonyl (C=O) groups excluding carboxylic acids is 2. The van der Waals surface area contributed by atoms with Gasteiger partial charge in [0.25, 0.3) is 0 Å². The third-order valence-corrected chi connectivity index (χ3v) is 5.08. The highest BCUT2D eigenvalue weighted by Gasteiger charge is 2.33. The van der Waals surface area contributed by atoms with Crippen LogP contribution in [0.15, 0.2) is 78.9 Å². The molecule has 1 aliphatic rings. The van der Waals surface area contributed by atoms with Crippen LogP contribution in [0.2, 0.25) is 5.02 Å². The number of fused-ring (bicyclic) bond motifs is 1. The molecule has 0 saturated heterocycles. The lowest BCUT2D eigenvalue weighted by atomic mass is 9.95. The van der Waals surface area contributed by atoms with E-state index in [1.807, 2.05) is 66.7 Å². The van der Waals surface area contributed by atoms with Crippen molar-refractivity contribution in [1.29, 1.82) is 0 Å². The minimum atomic E-state index is -0.398. The first-order valence-corrected chi connectivity index (χ1v) is 9.47. The van der Waals surface area contributed by atoms with Crippen molar-refractivity contribution in [3.63, 3.8) is 0 Å². The molecule has 140 valence electrons. The smallest absolute Gasteiger partial charge is 0.244 e. The molecule has 0 saturated carbocycles. The highest BCUT2D eigenvalue weighted by molar-refractivity contribution is 6.30. The minimum absolute atomic E-state index is 0.0163. The van der Waals surface area contributed by atoms with Crippen LogP contribution in [0.1, 0.15) is 22.7 Å². The molecule has 0 fully saturated rings. The molecule has 3 aromatic rings. The molecule has 0 spiro atoms. The van der Waals surface area contributed by atoms with Gasteiger partial charge in [-0.15, -0.1) is 0 Å². The summed E-state index contributed by atoms with van der Waals surface area (Å²) in [6, 6.07) is 24.2. The van der Waals surface area contributed by atoms with Crippen molar-refractivity contribution in [1.82, 2.24) is 4.90 Å². The first kappa shape index (κ1) is 18.3. The number of benzene rings is 3. The number of anilines is 1. The molecule has 4 nitrogen and oxygen atoms in total. The van der Waals surface area contributed by atoms with E-state index in [1.165, 1.54) is 0 Å². The van der Waals surface area contributed by atoms with Gasteiger partial charge in [0.15, 0.2) is 0 Å². The number of nitrogens with zero attached hydrogens (tertiary/aromatic N) is 1. The van der Waals surface area contributed by atoms with Gasteiger partial charge >= 0.3 is 0 Å². The lowest BCUT2D eigenvalue weighted by molar-refractivity contribution is -0.135. The molecule has 0 unspecified atom stereocenters. The molecule has 0 aromatic heterocycles. The maximum atomic E-state index is 13.3. The Labute approximate surface area is 168 Å². The Morgan fingerprint density at radius 3 is 2.39 bits per heavy atom. The van der Waals surface area contributed by atoms with Crippen LogP contribution >= 0.6 is 11.6 Å². The number of halogens is 1. The van der Waals surface area contributed by atoms with Gasteiger partial charge in [0.2, 0.25) is 11.8 Å². The summed E-state index contributed by atoms with van der Waals surface area (Å²) in [5.41, 5.74) is 3.34. The SMILES string of the molecule is O=C1CN(C(=O)Cc2ccccc2)[C@@H](c2ccccc2)c2cc(Cl)ccc2N1. The zero-order chi connectivity index (χ0) is 19.5. The Balaban J connectivity index is 1.80. The van der Waals surface area contributed by atoms with Gasteiger partial charge in [0, 0.05) is 16.3 Å². The van der Waals surface area contributed by atoms with E-state index >= 15 is 0 Å². The van der Waals surface area contributed by atoms with Crippen LogP contribution in [-0.2, 0) is 16.0 Å². The first-order valence-electron chi connectivity index (χ1n) is 9.09. The average molecular weight is 391 g/mol. The normalized spacial score (nSPS) is 16.1. The van der Waals surface area contributed by atoms with Crippen LogP contribution in [0.25, 0.3) is 0 Å². The second-order valence-corrected chi connectivity index (χ2v) is 7.21. The fraction of sp³-hybridized carbons (Fsp3) is 0.130. The van der Waals surface area contributed by atoms with Crippen molar-refractivity contribution in [3.05, 3.63) is 101 Å². The van der Waals surface area contributed by atoms with E-state index in [-0.39, 0.29) is 24.8 Å². The molecule has 5 heteroatoms. The third kappa shape index (κ3) is 3.78. The first-order chi connectivity index (χ1) is 13.6. The summed E-state index contributed by atoms with van der Waals surface area (Å²) >= 11 is 6.26. The monoisotopic (exact) mass is 390 g/mol. The van der Waals surface area contributed by atoms with Crippen LogP contribution in [0.4, 0.5) is 5.69 Å². The number of hydrogen-bond acceptors (Lipinski definition) is 2. The van der Waals surface area contributed by atoms with Crippen molar-refractivity contribution < 1.29 is 9.59 Å². The molecule has 0 aliphatic carbocycles. The Hall–Kier alpha value is -3.11. The largest absolute Gasteiger partial charge is 0.324 e. The van der Waals surface area contributed by atoms with Gasteiger partial charge in [-0.3, -0.25) is 9.59 Å². The van der Waals surface area contributed by atoms with Gasteiger partial charge < -0.3 is 10.2 Å². The third-order valence-electron chi connectivity index (χ3n) is 4.84. The molecule has 1 N–H and O–H groups in total. The van der Waals surface area contributed by atoms with Crippen molar-refractivity contribution in [2.24, 2.45) is 0 Å². The van der Waals surface area contributed by atoms with Crippen molar-refractivity contribution in [2.45, 2.75) is 12.5 Å². The van der Waals surface area contributed by atoms with E-state index < -0.39 is 6.04 Å². The maximum Gasteiger partial charge on any atom is 0.244 e. The lowest BCUT2D eigenvalue weighted by Crippen LogP contribution is -2.39. The number of carbonyl (C=O) groups is 2. The van der Waals surface area contributed by atoms with Gasteiger partial charge in [0.05, 0.1) is 12.5 Å². The average Bonchev–Trinajstić information content (AvgIpc) is 2.85. The van der Waals surface area contributed by atoms with E-state index in [9.17, 15) is 9.59 Å². The summed E-state index contributed by atoms with van der Waals surface area (Å²) in [4.78, 5) is 27.4. The molecule has 28 heavy (non-hydrogen) atoms. The second-order valence-electron chi connectivity index (χ2n) is 6.78. The Kier molecular flexibility index (Phi) is 5.13. The van der Waals surface area contributed by atoms with Crippen LogP contribution in [0.5, 0.6) is 0 Å². The molecular formula is C23H19ClN2O2. The molecule has 3 aromatic carbocycles. The fourth-order valence-electron chi connectivity index (χ4n) is 3.58. The molecule has 1 heterocycles. The lowest BCUT2D eigenvalue weighted by Gasteiger charge is -2.30. The Bertz CT molecular complexity index is 1010. The fourth-order valence-corrected chi connectivity index (χ4v) is 3.76. The highest BCUT2D eigenvalue weighted by Crippen LogP contribution is 2.37. The van der Waals surface area contributed by atoms with Crippen molar-refractivity contribution >= 4 is 29.1 Å². The maximum absolute atomic E-state index is 13.3. The van der Waals surface area contributed by atoms with Crippen molar-refractivity contribution in [2.75, 3.05) is 11.9 Å². The Morgan fingerprint density at radius 2 is 1.68 bits per heavy atom. The van der Waals surface area contributed by atoms with Crippen molar-refractivity contribution in [3.8, 4) is 0 Å². The van der Waals surface area contributed by atoms with Gasteiger partial charge in [-0.25, -0.2) is 0 Å². The van der Waals surface area contributed by atoms with Crippen LogP contribution in [-0.4, -0.2) is 23.3 Å². The van der Waals surface area contributed by atoms with E-state index in [0.717, 1.165) is 16.7 Å². The number of rotatable bonds is 3. The van der Waals surface area contributed by atoms with Gasteiger partial charge in [-0.2, -0.15) is 0 Å². The van der Waals surface area contributed by atoms with E-state index in [2.05, 4.69) is 5.32 Å². The quantitative estimate of drug-likeness (QED) is 0.718. The molecule has 0 radical (unpaired) electrons. The standard InChI is InChI=1S/C23H19ClN2O2/c24-18-11-12-20-19(14-18)23(17-9-5-2-6-10-17)26(15-21(27)25-20)22(28)13-16-7-3-1-4-8-16/h1-12,14,23H,13,15H2,(H,25,27)/t23-/m0/s1. The van der Waals surface area contributed by atoms with Gasteiger partial charge in [0.1, 0.15) is 6.54 Å². The van der Waals surface area contributed by atoms with Crippen LogP contribution in [0, 0.1) is 0 Å². The Morgan fingerprint density at radius 1 is 1.00 bits per heavy atom. The summed E-state index contributed by atoms with van der Waals surface area (Å²) in [5.74, 6) is -0.327. The summed E-state index contributed by atoms with van der Waals surface area (Å²) in [7, 11) is 0. The second kappa shape index (κ2) is 7.87. The molecule has 0 bridgehead atoms. The molecule has 2 amide bonds. The predicted molar refractivity (Wildman–Crippen MR) is 110 cm³/mol. The van der Waals surface area contributed by atoms with E-state index in [4.69, 9.17) is 11.6 Å². The van der Waals surface area contributed by atoms with Gasteiger partial charge in [-0.1, -0.05) is 72.3 Å². The minimum Gasteiger partial charge on any atom is -0.324 e. The van der Waals surface area contributed by atoms with Crippen LogP contribution < -0.4 is 5.32 Å². The summed E-state index contributed by atoms with van der Waals surface area (Å²) in [5, 5.41) is 3.47. The molecule has 1 aliphatic heterocycles. The molecule has 4 rings (SSSR count). The predicted octanol–water partition coefficient (Wildman–Crippen LogP) is 4.45. The van der Waals surface area contributed by atoms with Gasteiger partial charge in [-0.05, 0) is 29.3 Å². The number of hydrogen-bond donors (Lipinski definition) is 1. The summed E-state index contributed by atoms with van der Waals surface area (Å²) < 4.78 is 0. The summed E-state index contributed by atoms with van der Waals surface area (Å²) in [6.45, 7) is -0.0163. The zero-order valence-corrected chi connectivity index (χ0v) is 15.9. The van der Waals surface area contributed by atoms with Crippen LogP contribution in [0.3, 0.4) is 0 Å².